The van der Waals surface area contributed by atoms with E-state index in [1.165, 1.54) is 10.9 Å². The van der Waals surface area contributed by atoms with Crippen molar-refractivity contribution < 1.29 is 9.59 Å². The number of carbonyl (C=O) groups excluding carboxylic acids is 2. The van der Waals surface area contributed by atoms with Crippen LogP contribution in [0.25, 0.3) is 5.69 Å². The number of hydrazine groups is 1. The van der Waals surface area contributed by atoms with Gasteiger partial charge in [-0.15, -0.1) is 0 Å². The first kappa shape index (κ1) is 24.8. The molecule has 0 radical (unpaired) electrons. The van der Waals surface area contributed by atoms with Gasteiger partial charge in [-0.25, -0.2) is 9.67 Å². The number of benzene rings is 1. The van der Waals surface area contributed by atoms with Crippen LogP contribution < -0.4 is 10.9 Å². The molecule has 2 N–H and O–H groups in total. The zero-order valence-electron chi connectivity index (χ0n) is 19.5. The van der Waals surface area contributed by atoms with Crippen molar-refractivity contribution in [2.75, 3.05) is 0 Å². The Balaban J connectivity index is 1.71. The zero-order valence-corrected chi connectivity index (χ0v) is 21.0. The molecule has 0 atom stereocenters. The molecule has 10 heteroatoms. The highest BCUT2D eigenvalue weighted by Gasteiger charge is 2.26. The van der Waals surface area contributed by atoms with Gasteiger partial charge in [0, 0.05) is 22.1 Å². The Morgan fingerprint density at radius 3 is 2.12 bits per heavy atom. The third kappa shape index (κ3) is 5.75. The van der Waals surface area contributed by atoms with E-state index in [0.29, 0.717) is 5.56 Å². The van der Waals surface area contributed by atoms with E-state index in [4.69, 9.17) is 28.3 Å². The summed E-state index contributed by atoms with van der Waals surface area (Å²) in [6, 6.07) is 9.18. The smallest absolute Gasteiger partial charge is 0.269 e. The Morgan fingerprint density at radius 2 is 1.61 bits per heavy atom. The SMILES string of the molecule is CC(C)(C)c1cc(C(C)(C)C)n(-c2ccc(C(=O)NNC(=O)Cn3cnc(Cl)c3Cl)cc2)n1. The number of carbonyl (C=O) groups is 2. The molecule has 176 valence electrons. The second kappa shape index (κ2) is 9.19. The van der Waals surface area contributed by atoms with Gasteiger partial charge in [-0.2, -0.15) is 5.10 Å². The molecule has 0 bridgehead atoms. The molecule has 0 aliphatic carbocycles. The summed E-state index contributed by atoms with van der Waals surface area (Å²) in [4.78, 5) is 28.3. The highest BCUT2D eigenvalue weighted by molar-refractivity contribution is 6.40. The van der Waals surface area contributed by atoms with Crippen LogP contribution in [0, 0.1) is 0 Å². The van der Waals surface area contributed by atoms with Crippen molar-refractivity contribution in [3.05, 3.63) is 63.9 Å². The quantitative estimate of drug-likeness (QED) is 0.528. The van der Waals surface area contributed by atoms with Crippen LogP contribution in [0.4, 0.5) is 0 Å². The lowest BCUT2D eigenvalue weighted by molar-refractivity contribution is -0.122. The van der Waals surface area contributed by atoms with E-state index in [9.17, 15) is 9.59 Å². The standard InChI is InChI=1S/C23H28Cl2N6O2/c1-22(2,3)16-11-17(23(4,5)6)31(29-16)15-9-7-14(8-10-15)21(33)28-27-18(32)12-30-13-26-19(24)20(30)25/h7-11,13H,12H2,1-6H3,(H,27,32)(H,28,33). The van der Waals surface area contributed by atoms with Crippen LogP contribution in [0.2, 0.25) is 10.3 Å². The Labute approximate surface area is 203 Å². The molecular formula is C23H28Cl2N6O2. The molecule has 33 heavy (non-hydrogen) atoms. The molecule has 0 unspecified atom stereocenters. The van der Waals surface area contributed by atoms with Gasteiger partial charge in [0.25, 0.3) is 11.8 Å². The number of hydrogen-bond acceptors (Lipinski definition) is 4. The topological polar surface area (TPSA) is 93.8 Å². The fraction of sp³-hybridized carbons (Fsp3) is 0.391. The van der Waals surface area contributed by atoms with E-state index in [2.05, 4.69) is 63.4 Å². The number of nitrogens with zero attached hydrogens (tertiary/aromatic N) is 4. The Hall–Kier alpha value is -2.84. The molecule has 3 rings (SSSR count). The summed E-state index contributed by atoms with van der Waals surface area (Å²) in [6.45, 7) is 12.7. The molecule has 0 saturated heterocycles. The number of imidazole rings is 1. The van der Waals surface area contributed by atoms with E-state index < -0.39 is 11.8 Å². The van der Waals surface area contributed by atoms with E-state index in [-0.39, 0.29) is 27.7 Å². The van der Waals surface area contributed by atoms with Gasteiger partial charge in [0.05, 0.1) is 17.7 Å². The Kier molecular flexibility index (Phi) is 6.91. The fourth-order valence-corrected chi connectivity index (χ4v) is 3.38. The molecule has 0 spiro atoms. The third-order valence-corrected chi connectivity index (χ3v) is 5.75. The number of aromatic nitrogens is 4. The van der Waals surface area contributed by atoms with E-state index in [1.807, 2.05) is 16.8 Å². The van der Waals surface area contributed by atoms with Gasteiger partial charge in [-0.05, 0) is 30.3 Å². The first-order valence-corrected chi connectivity index (χ1v) is 11.2. The van der Waals surface area contributed by atoms with Crippen molar-refractivity contribution >= 4 is 35.0 Å². The zero-order chi connectivity index (χ0) is 24.6. The Morgan fingerprint density at radius 1 is 0.970 bits per heavy atom. The number of rotatable bonds is 4. The van der Waals surface area contributed by atoms with Crippen LogP contribution in [-0.2, 0) is 22.2 Å². The first-order chi connectivity index (χ1) is 15.3. The van der Waals surface area contributed by atoms with Crippen molar-refractivity contribution in [2.24, 2.45) is 0 Å². The summed E-state index contributed by atoms with van der Waals surface area (Å²) in [7, 11) is 0. The van der Waals surface area contributed by atoms with Gasteiger partial charge >= 0.3 is 0 Å². The van der Waals surface area contributed by atoms with Crippen molar-refractivity contribution in [3.8, 4) is 5.69 Å². The normalized spacial score (nSPS) is 12.0. The molecule has 0 aliphatic rings. The van der Waals surface area contributed by atoms with Crippen LogP contribution >= 0.6 is 23.2 Å². The minimum Gasteiger partial charge on any atom is -0.311 e. The van der Waals surface area contributed by atoms with Crippen LogP contribution in [0.3, 0.4) is 0 Å². The monoisotopic (exact) mass is 490 g/mol. The van der Waals surface area contributed by atoms with E-state index in [1.54, 1.807) is 12.1 Å². The largest absolute Gasteiger partial charge is 0.311 e. The number of nitrogens with one attached hydrogen (secondary N) is 2. The highest BCUT2D eigenvalue weighted by atomic mass is 35.5. The van der Waals surface area contributed by atoms with E-state index >= 15 is 0 Å². The number of hydrogen-bond donors (Lipinski definition) is 2. The Bertz CT molecular complexity index is 1170. The lowest BCUT2D eigenvalue weighted by Crippen LogP contribution is -2.43. The van der Waals surface area contributed by atoms with E-state index in [0.717, 1.165) is 17.1 Å². The molecule has 3 aromatic rings. The molecule has 2 heterocycles. The van der Waals surface area contributed by atoms with Gasteiger partial charge < -0.3 is 4.57 Å². The minimum atomic E-state index is -0.475. The van der Waals surface area contributed by atoms with Crippen molar-refractivity contribution in [1.82, 2.24) is 30.2 Å². The third-order valence-electron chi connectivity index (χ3n) is 4.98. The van der Waals surface area contributed by atoms with Gasteiger partial charge in [0.2, 0.25) is 0 Å². The van der Waals surface area contributed by atoms with Crippen molar-refractivity contribution in [2.45, 2.75) is 58.9 Å². The summed E-state index contributed by atoms with van der Waals surface area (Å²) in [6.07, 6.45) is 1.34. The summed E-state index contributed by atoms with van der Waals surface area (Å²) in [5.74, 6) is -0.923. The average molecular weight is 491 g/mol. The molecule has 1 aromatic carbocycles. The molecular weight excluding hydrogens is 463 g/mol. The van der Waals surface area contributed by atoms with Gasteiger partial charge in [0.1, 0.15) is 11.7 Å². The summed E-state index contributed by atoms with van der Waals surface area (Å²) >= 11 is 11.7. The van der Waals surface area contributed by atoms with Crippen molar-refractivity contribution in [1.29, 1.82) is 0 Å². The summed E-state index contributed by atoms with van der Waals surface area (Å²) < 4.78 is 3.28. The molecule has 2 aromatic heterocycles. The lowest BCUT2D eigenvalue weighted by atomic mass is 9.88. The predicted molar refractivity (Wildman–Crippen MR) is 129 cm³/mol. The van der Waals surface area contributed by atoms with Crippen LogP contribution in [0.1, 0.15) is 63.3 Å². The van der Waals surface area contributed by atoms with Gasteiger partial charge in [-0.1, -0.05) is 64.7 Å². The summed E-state index contributed by atoms with van der Waals surface area (Å²) in [5, 5.41) is 5.09. The van der Waals surface area contributed by atoms with Crippen molar-refractivity contribution in [3.63, 3.8) is 0 Å². The maximum Gasteiger partial charge on any atom is 0.269 e. The van der Waals surface area contributed by atoms with Gasteiger partial charge in [-0.3, -0.25) is 20.4 Å². The lowest BCUT2D eigenvalue weighted by Gasteiger charge is -2.20. The predicted octanol–water partition coefficient (Wildman–Crippen LogP) is 4.43. The van der Waals surface area contributed by atoms with Crippen LogP contribution in [0.15, 0.2) is 36.7 Å². The molecule has 8 nitrogen and oxygen atoms in total. The van der Waals surface area contributed by atoms with Crippen LogP contribution in [0.5, 0.6) is 0 Å². The molecule has 0 aliphatic heterocycles. The highest BCUT2D eigenvalue weighted by Crippen LogP contribution is 2.30. The summed E-state index contributed by atoms with van der Waals surface area (Å²) in [5.41, 5.74) is 7.87. The number of halogens is 2. The maximum absolute atomic E-state index is 12.5. The minimum absolute atomic E-state index is 0.0877. The maximum atomic E-state index is 12.5. The molecule has 0 saturated carbocycles. The second-order valence-corrected chi connectivity index (χ2v) is 10.5. The molecule has 0 fully saturated rings. The first-order valence-electron chi connectivity index (χ1n) is 10.4. The fourth-order valence-electron chi connectivity index (χ4n) is 3.08. The molecule has 2 amide bonds. The second-order valence-electron chi connectivity index (χ2n) is 9.83. The number of amides is 2. The van der Waals surface area contributed by atoms with Gasteiger partial charge in [0.15, 0.2) is 5.15 Å². The average Bonchev–Trinajstić information content (AvgIpc) is 3.32. The van der Waals surface area contributed by atoms with Crippen LogP contribution in [-0.4, -0.2) is 31.1 Å².